The number of rotatable bonds is 7. The smallest absolute Gasteiger partial charge is 0.273 e. The first-order chi connectivity index (χ1) is 9.08. The number of nitrogen functional groups attached to an aromatic ring is 1. The molecular formula is C12H20N4O2S. The number of nitrogens with one attached hydrogen (secondary N) is 1. The van der Waals surface area contributed by atoms with Gasteiger partial charge in [-0.2, -0.15) is 0 Å². The minimum Gasteiger partial charge on any atom is -0.375 e. The van der Waals surface area contributed by atoms with Gasteiger partial charge >= 0.3 is 0 Å². The summed E-state index contributed by atoms with van der Waals surface area (Å²) < 4.78 is 0. The maximum atomic E-state index is 12.2. The van der Waals surface area contributed by atoms with Crippen molar-refractivity contribution in [2.75, 3.05) is 25.4 Å². The molecule has 0 saturated carbocycles. The normalized spacial score (nSPS) is 10.2. The summed E-state index contributed by atoms with van der Waals surface area (Å²) in [6.45, 7) is 5.14. The number of anilines is 1. The lowest BCUT2D eigenvalue weighted by Gasteiger charge is -2.20. The quantitative estimate of drug-likeness (QED) is 0.785. The molecule has 0 radical (unpaired) electrons. The average Bonchev–Trinajstić information content (AvgIpc) is 2.81. The van der Waals surface area contributed by atoms with Crippen molar-refractivity contribution in [3.63, 3.8) is 0 Å². The Kier molecular flexibility index (Phi) is 6.27. The zero-order chi connectivity index (χ0) is 14.3. The summed E-state index contributed by atoms with van der Waals surface area (Å²) in [5.41, 5.74) is 5.82. The summed E-state index contributed by atoms with van der Waals surface area (Å²) in [7, 11) is 0. The van der Waals surface area contributed by atoms with Gasteiger partial charge in [-0.25, -0.2) is 4.98 Å². The Morgan fingerprint density at radius 3 is 2.68 bits per heavy atom. The van der Waals surface area contributed by atoms with E-state index in [1.807, 2.05) is 13.8 Å². The van der Waals surface area contributed by atoms with Crippen LogP contribution in [-0.2, 0) is 4.79 Å². The van der Waals surface area contributed by atoms with Crippen LogP contribution in [0.4, 0.5) is 5.13 Å². The molecule has 0 aliphatic rings. The third kappa shape index (κ3) is 4.86. The van der Waals surface area contributed by atoms with Crippen molar-refractivity contribution in [3.05, 3.63) is 11.1 Å². The summed E-state index contributed by atoms with van der Waals surface area (Å²) in [4.78, 5) is 29.3. The van der Waals surface area contributed by atoms with Crippen molar-refractivity contribution in [1.82, 2.24) is 15.2 Å². The van der Waals surface area contributed by atoms with Crippen LogP contribution in [0.5, 0.6) is 0 Å². The van der Waals surface area contributed by atoms with Crippen molar-refractivity contribution >= 4 is 28.3 Å². The molecule has 1 rings (SSSR count). The molecule has 0 unspecified atom stereocenters. The fourth-order valence-electron chi connectivity index (χ4n) is 1.56. The Morgan fingerprint density at radius 2 is 2.16 bits per heavy atom. The highest BCUT2D eigenvalue weighted by atomic mass is 32.1. The number of hydrogen-bond donors (Lipinski definition) is 2. The van der Waals surface area contributed by atoms with Crippen LogP contribution >= 0.6 is 11.3 Å². The van der Waals surface area contributed by atoms with E-state index in [0.717, 1.165) is 12.8 Å². The molecule has 2 amide bonds. The number of hydrogen-bond acceptors (Lipinski definition) is 5. The Hall–Kier alpha value is -1.63. The standard InChI is InChI=1S/C12H20N4O2S/c1-3-5-14-10(17)7-16(6-4-2)11(18)9-8-19-12(13)15-9/h8H,3-7H2,1-2H3,(H2,13,15)(H,14,17). The topological polar surface area (TPSA) is 88.3 Å². The van der Waals surface area contributed by atoms with Gasteiger partial charge in [0.25, 0.3) is 5.91 Å². The second-order valence-electron chi connectivity index (χ2n) is 4.15. The van der Waals surface area contributed by atoms with Crippen molar-refractivity contribution < 1.29 is 9.59 Å². The third-order valence-electron chi connectivity index (χ3n) is 2.43. The lowest BCUT2D eigenvalue weighted by molar-refractivity contribution is -0.121. The molecular weight excluding hydrogens is 264 g/mol. The summed E-state index contributed by atoms with van der Waals surface area (Å²) in [6.07, 6.45) is 1.66. The maximum Gasteiger partial charge on any atom is 0.273 e. The third-order valence-corrected chi connectivity index (χ3v) is 3.10. The van der Waals surface area contributed by atoms with E-state index in [1.165, 1.54) is 16.2 Å². The number of nitrogens with zero attached hydrogens (tertiary/aromatic N) is 2. The molecule has 1 heterocycles. The van der Waals surface area contributed by atoms with Gasteiger partial charge in [-0.3, -0.25) is 9.59 Å². The van der Waals surface area contributed by atoms with Gasteiger partial charge in [-0.05, 0) is 12.8 Å². The molecule has 19 heavy (non-hydrogen) atoms. The Balaban J connectivity index is 2.66. The highest BCUT2D eigenvalue weighted by Crippen LogP contribution is 2.13. The van der Waals surface area contributed by atoms with Crippen LogP contribution in [0.25, 0.3) is 0 Å². The molecule has 106 valence electrons. The Bertz CT molecular complexity index is 433. The van der Waals surface area contributed by atoms with Crippen molar-refractivity contribution in [3.8, 4) is 0 Å². The Morgan fingerprint density at radius 1 is 1.42 bits per heavy atom. The van der Waals surface area contributed by atoms with Crippen molar-refractivity contribution in [2.45, 2.75) is 26.7 Å². The van der Waals surface area contributed by atoms with E-state index < -0.39 is 0 Å². The highest BCUT2D eigenvalue weighted by molar-refractivity contribution is 7.13. The van der Waals surface area contributed by atoms with Gasteiger partial charge < -0.3 is 16.0 Å². The SMILES string of the molecule is CCCNC(=O)CN(CCC)C(=O)c1csc(N)n1. The minimum atomic E-state index is -0.249. The molecule has 0 fully saturated rings. The molecule has 3 N–H and O–H groups in total. The number of aromatic nitrogens is 1. The van der Waals surface area contributed by atoms with E-state index in [0.29, 0.717) is 23.9 Å². The van der Waals surface area contributed by atoms with Gasteiger partial charge in [0.05, 0.1) is 6.54 Å². The molecule has 6 nitrogen and oxygen atoms in total. The molecule has 1 aromatic rings. The first-order valence-electron chi connectivity index (χ1n) is 6.35. The molecule has 0 aliphatic carbocycles. The minimum absolute atomic E-state index is 0.0596. The zero-order valence-corrected chi connectivity index (χ0v) is 12.1. The van der Waals surface area contributed by atoms with Gasteiger partial charge in [0.1, 0.15) is 5.69 Å². The van der Waals surface area contributed by atoms with E-state index in [1.54, 1.807) is 5.38 Å². The monoisotopic (exact) mass is 284 g/mol. The molecule has 0 atom stereocenters. The Labute approximate surface area is 117 Å². The predicted molar refractivity (Wildman–Crippen MR) is 76.0 cm³/mol. The van der Waals surface area contributed by atoms with Crippen LogP contribution in [0.2, 0.25) is 0 Å². The van der Waals surface area contributed by atoms with Crippen LogP contribution in [-0.4, -0.2) is 41.3 Å². The maximum absolute atomic E-state index is 12.2. The summed E-state index contributed by atoms with van der Waals surface area (Å²) >= 11 is 1.22. The van der Waals surface area contributed by atoms with Crippen LogP contribution < -0.4 is 11.1 Å². The number of thiazole rings is 1. The van der Waals surface area contributed by atoms with Crippen LogP contribution in [0.15, 0.2) is 5.38 Å². The summed E-state index contributed by atoms with van der Waals surface area (Å²) in [5, 5.41) is 4.73. The fourth-order valence-corrected chi connectivity index (χ4v) is 2.10. The number of carbonyl (C=O) groups excluding carboxylic acids is 2. The van der Waals surface area contributed by atoms with Crippen LogP contribution in [0.3, 0.4) is 0 Å². The largest absolute Gasteiger partial charge is 0.375 e. The van der Waals surface area contributed by atoms with E-state index in [-0.39, 0.29) is 18.4 Å². The summed E-state index contributed by atoms with van der Waals surface area (Å²) in [5.74, 6) is -0.395. The van der Waals surface area contributed by atoms with Gasteiger partial charge in [0.2, 0.25) is 5.91 Å². The fraction of sp³-hybridized carbons (Fsp3) is 0.583. The zero-order valence-electron chi connectivity index (χ0n) is 11.3. The predicted octanol–water partition coefficient (Wildman–Crippen LogP) is 1.10. The average molecular weight is 284 g/mol. The molecule has 0 aromatic carbocycles. The second kappa shape index (κ2) is 7.73. The van der Waals surface area contributed by atoms with Crippen LogP contribution in [0, 0.1) is 0 Å². The molecule has 0 saturated heterocycles. The number of nitrogens with two attached hydrogens (primary N) is 1. The summed E-state index contributed by atoms with van der Waals surface area (Å²) in [6, 6.07) is 0. The van der Waals surface area contributed by atoms with Crippen LogP contribution in [0.1, 0.15) is 37.2 Å². The molecule has 1 aromatic heterocycles. The molecule has 0 spiro atoms. The number of carbonyl (C=O) groups is 2. The lowest BCUT2D eigenvalue weighted by atomic mass is 10.3. The van der Waals surface area contributed by atoms with Gasteiger partial charge in [-0.15, -0.1) is 11.3 Å². The first-order valence-corrected chi connectivity index (χ1v) is 7.23. The highest BCUT2D eigenvalue weighted by Gasteiger charge is 2.20. The van der Waals surface area contributed by atoms with Gasteiger partial charge in [-0.1, -0.05) is 13.8 Å². The van der Waals surface area contributed by atoms with E-state index in [4.69, 9.17) is 5.73 Å². The van der Waals surface area contributed by atoms with E-state index >= 15 is 0 Å². The van der Waals surface area contributed by atoms with Gasteiger partial charge in [0, 0.05) is 18.5 Å². The van der Waals surface area contributed by atoms with Crippen molar-refractivity contribution in [2.24, 2.45) is 0 Å². The first kappa shape index (κ1) is 15.4. The van der Waals surface area contributed by atoms with Gasteiger partial charge in [0.15, 0.2) is 5.13 Å². The van der Waals surface area contributed by atoms with E-state index in [9.17, 15) is 9.59 Å². The van der Waals surface area contributed by atoms with Crippen molar-refractivity contribution in [1.29, 1.82) is 0 Å². The van der Waals surface area contributed by atoms with E-state index in [2.05, 4.69) is 10.3 Å². The lowest BCUT2D eigenvalue weighted by Crippen LogP contribution is -2.41. The number of amides is 2. The molecule has 7 heteroatoms. The molecule has 0 bridgehead atoms. The second-order valence-corrected chi connectivity index (χ2v) is 5.04. The molecule has 0 aliphatic heterocycles.